The van der Waals surface area contributed by atoms with Crippen molar-refractivity contribution in [2.45, 2.75) is 83.5 Å². The Hall–Kier alpha value is -1.66. The van der Waals surface area contributed by atoms with Crippen molar-refractivity contribution in [1.29, 1.82) is 0 Å². The van der Waals surface area contributed by atoms with Crippen molar-refractivity contribution in [2.24, 2.45) is 0 Å². The van der Waals surface area contributed by atoms with Crippen molar-refractivity contribution in [3.05, 3.63) is 23.8 Å². The first-order chi connectivity index (χ1) is 12.5. The molecular weight excluding hydrogens is 336 g/mol. The highest BCUT2D eigenvalue weighted by Crippen LogP contribution is 2.20. The zero-order valence-electron chi connectivity index (χ0n) is 15.7. The standard InChI is InChI=1S/C20H32O6/c1-3-4-5-6-7-8-9-10-11-12-13-25-19(23)15(2)18(22)16-14-17(21)26-20(16)24/h14,17-18,21-22H,2-13H2,1H3. The molecule has 0 aromatic carbocycles. The molecule has 1 heterocycles. The van der Waals surface area contributed by atoms with E-state index in [-0.39, 0.29) is 17.8 Å². The lowest BCUT2D eigenvalue weighted by Crippen LogP contribution is -2.24. The van der Waals surface area contributed by atoms with Crippen molar-refractivity contribution in [3.63, 3.8) is 0 Å². The molecule has 6 nitrogen and oxygen atoms in total. The fourth-order valence-electron chi connectivity index (χ4n) is 2.78. The molecule has 0 aliphatic carbocycles. The Kier molecular flexibility index (Phi) is 10.9. The highest BCUT2D eigenvalue weighted by Gasteiger charge is 2.33. The molecule has 0 aromatic rings. The summed E-state index contributed by atoms with van der Waals surface area (Å²) >= 11 is 0. The molecule has 6 heteroatoms. The summed E-state index contributed by atoms with van der Waals surface area (Å²) in [6.45, 7) is 5.95. The van der Waals surface area contributed by atoms with Gasteiger partial charge in [0.15, 0.2) is 0 Å². The SMILES string of the molecule is C=C(C(=O)OCCCCCCCCCCCC)C(O)C1=CC(O)OC1=O. The van der Waals surface area contributed by atoms with Crippen LogP contribution in [0.1, 0.15) is 71.1 Å². The average Bonchev–Trinajstić information content (AvgIpc) is 2.96. The van der Waals surface area contributed by atoms with Crippen molar-refractivity contribution in [2.75, 3.05) is 6.61 Å². The van der Waals surface area contributed by atoms with Crippen LogP contribution in [-0.2, 0) is 19.1 Å². The van der Waals surface area contributed by atoms with E-state index in [9.17, 15) is 19.8 Å². The molecule has 0 bridgehead atoms. The number of ether oxygens (including phenoxy) is 2. The lowest BCUT2D eigenvalue weighted by atomic mass is 10.0. The van der Waals surface area contributed by atoms with Crippen LogP contribution in [0.15, 0.2) is 23.8 Å². The number of carbonyl (C=O) groups is 2. The molecule has 2 N–H and O–H groups in total. The van der Waals surface area contributed by atoms with E-state index in [0.717, 1.165) is 25.3 Å². The van der Waals surface area contributed by atoms with Crippen molar-refractivity contribution >= 4 is 11.9 Å². The fourth-order valence-corrected chi connectivity index (χ4v) is 2.78. The lowest BCUT2D eigenvalue weighted by molar-refractivity contribution is -0.151. The number of rotatable bonds is 14. The quantitative estimate of drug-likeness (QED) is 0.278. The third-order valence-electron chi connectivity index (χ3n) is 4.40. The number of cyclic esters (lactones) is 1. The minimum atomic E-state index is -1.53. The van der Waals surface area contributed by atoms with Gasteiger partial charge in [-0.05, 0) is 12.5 Å². The maximum Gasteiger partial charge on any atom is 0.339 e. The van der Waals surface area contributed by atoms with E-state index in [1.165, 1.54) is 44.9 Å². The van der Waals surface area contributed by atoms with Gasteiger partial charge in [-0.3, -0.25) is 0 Å². The van der Waals surface area contributed by atoms with E-state index in [4.69, 9.17) is 4.74 Å². The summed E-state index contributed by atoms with van der Waals surface area (Å²) in [6, 6.07) is 0. The molecule has 0 amide bonds. The zero-order chi connectivity index (χ0) is 19.4. The van der Waals surface area contributed by atoms with E-state index < -0.39 is 24.3 Å². The van der Waals surface area contributed by atoms with Crippen LogP contribution in [0.2, 0.25) is 0 Å². The van der Waals surface area contributed by atoms with E-state index in [0.29, 0.717) is 0 Å². The van der Waals surface area contributed by atoms with E-state index >= 15 is 0 Å². The Labute approximate surface area is 155 Å². The van der Waals surface area contributed by atoms with Gasteiger partial charge < -0.3 is 19.7 Å². The Morgan fingerprint density at radius 3 is 2.19 bits per heavy atom. The van der Waals surface area contributed by atoms with Crippen molar-refractivity contribution < 1.29 is 29.3 Å². The molecule has 0 aromatic heterocycles. The van der Waals surface area contributed by atoms with Crippen LogP contribution in [0, 0.1) is 0 Å². The molecule has 0 fully saturated rings. The summed E-state index contributed by atoms with van der Waals surface area (Å²) in [6.07, 6.45) is 9.97. The minimum absolute atomic E-state index is 0.196. The molecular formula is C20H32O6. The maximum atomic E-state index is 11.9. The number of unbranched alkanes of at least 4 members (excludes halogenated alkanes) is 9. The molecule has 2 atom stereocenters. The number of hydrogen-bond acceptors (Lipinski definition) is 6. The van der Waals surface area contributed by atoms with Crippen LogP contribution in [0.25, 0.3) is 0 Å². The largest absolute Gasteiger partial charge is 0.462 e. The average molecular weight is 368 g/mol. The molecule has 2 unspecified atom stereocenters. The molecule has 1 aliphatic heterocycles. The number of aliphatic hydroxyl groups excluding tert-OH is 2. The molecule has 0 radical (unpaired) electrons. The molecule has 148 valence electrons. The predicted octanol–water partition coefficient (Wildman–Crippen LogP) is 3.17. The van der Waals surface area contributed by atoms with Gasteiger partial charge in [0.25, 0.3) is 0 Å². The van der Waals surface area contributed by atoms with Crippen molar-refractivity contribution in [3.8, 4) is 0 Å². The predicted molar refractivity (Wildman–Crippen MR) is 98.1 cm³/mol. The van der Waals surface area contributed by atoms with Crippen LogP contribution < -0.4 is 0 Å². The van der Waals surface area contributed by atoms with Crippen LogP contribution in [0.5, 0.6) is 0 Å². The van der Waals surface area contributed by atoms with Gasteiger partial charge in [-0.1, -0.05) is 71.3 Å². The normalized spacial score (nSPS) is 17.6. The van der Waals surface area contributed by atoms with E-state index in [2.05, 4.69) is 18.2 Å². The topological polar surface area (TPSA) is 93.1 Å². The van der Waals surface area contributed by atoms with Gasteiger partial charge in [-0.25, -0.2) is 9.59 Å². The number of esters is 2. The van der Waals surface area contributed by atoms with Crippen LogP contribution in [-0.4, -0.2) is 41.2 Å². The first kappa shape index (κ1) is 22.4. The maximum absolute atomic E-state index is 11.9. The van der Waals surface area contributed by atoms with Crippen LogP contribution in [0.3, 0.4) is 0 Å². The summed E-state index contributed by atoms with van der Waals surface area (Å²) in [5, 5.41) is 19.2. The Balaban J connectivity index is 2.08. The van der Waals surface area contributed by atoms with Crippen LogP contribution >= 0.6 is 0 Å². The molecule has 26 heavy (non-hydrogen) atoms. The molecule has 0 spiro atoms. The Bertz CT molecular complexity index is 497. The smallest absolute Gasteiger partial charge is 0.339 e. The first-order valence-electron chi connectivity index (χ1n) is 9.62. The van der Waals surface area contributed by atoms with Crippen LogP contribution in [0.4, 0.5) is 0 Å². The molecule has 1 aliphatic rings. The van der Waals surface area contributed by atoms with Crippen molar-refractivity contribution in [1.82, 2.24) is 0 Å². The first-order valence-corrected chi connectivity index (χ1v) is 9.62. The van der Waals surface area contributed by atoms with Gasteiger partial charge in [0, 0.05) is 0 Å². The van der Waals surface area contributed by atoms with Gasteiger partial charge in [-0.2, -0.15) is 0 Å². The van der Waals surface area contributed by atoms with Gasteiger partial charge in [0.05, 0.1) is 17.8 Å². The summed E-state index contributed by atoms with van der Waals surface area (Å²) < 4.78 is 9.55. The number of carbonyl (C=O) groups excluding carboxylic acids is 2. The zero-order valence-corrected chi connectivity index (χ0v) is 15.7. The molecule has 0 saturated heterocycles. The monoisotopic (exact) mass is 368 g/mol. The third kappa shape index (κ3) is 8.15. The van der Waals surface area contributed by atoms with Gasteiger partial charge >= 0.3 is 11.9 Å². The fraction of sp³-hybridized carbons (Fsp3) is 0.700. The van der Waals surface area contributed by atoms with E-state index in [1.54, 1.807) is 0 Å². The van der Waals surface area contributed by atoms with E-state index in [1.807, 2.05) is 0 Å². The Morgan fingerprint density at radius 2 is 1.69 bits per heavy atom. The van der Waals surface area contributed by atoms with Gasteiger partial charge in [0.1, 0.15) is 6.10 Å². The van der Waals surface area contributed by atoms with Gasteiger partial charge in [-0.15, -0.1) is 0 Å². The number of hydrogen-bond donors (Lipinski definition) is 2. The lowest BCUT2D eigenvalue weighted by Gasteiger charge is -2.12. The summed E-state index contributed by atoms with van der Waals surface area (Å²) in [4.78, 5) is 23.3. The second kappa shape index (κ2) is 12.7. The second-order valence-electron chi connectivity index (χ2n) is 6.66. The highest BCUT2D eigenvalue weighted by atomic mass is 16.6. The number of aliphatic hydroxyl groups is 2. The summed E-state index contributed by atoms with van der Waals surface area (Å²) in [5.74, 6) is -1.61. The summed E-state index contributed by atoms with van der Waals surface area (Å²) in [5.41, 5.74) is -0.437. The second-order valence-corrected chi connectivity index (χ2v) is 6.66. The van der Waals surface area contributed by atoms with Gasteiger partial charge in [0.2, 0.25) is 6.29 Å². The third-order valence-corrected chi connectivity index (χ3v) is 4.40. The summed E-state index contributed by atoms with van der Waals surface area (Å²) in [7, 11) is 0. The molecule has 1 rings (SSSR count). The Morgan fingerprint density at radius 1 is 1.15 bits per heavy atom. The highest BCUT2D eigenvalue weighted by molar-refractivity contribution is 5.97. The molecule has 0 saturated carbocycles. The minimum Gasteiger partial charge on any atom is -0.462 e.